The zero-order valence-corrected chi connectivity index (χ0v) is 8.67. The topological polar surface area (TPSA) is 45.4 Å². The predicted molar refractivity (Wildman–Crippen MR) is 55.4 cm³/mol. The Hall–Kier alpha value is -1.53. The Morgan fingerprint density at radius 3 is 2.86 bits per heavy atom. The van der Waals surface area contributed by atoms with E-state index in [0.717, 1.165) is 5.56 Å². The SMILES string of the molecule is CO/N=C(\C)c1ccc(Cl)cc1C#N. The van der Waals surface area contributed by atoms with Gasteiger partial charge in [-0.2, -0.15) is 5.26 Å². The molecule has 0 fully saturated rings. The minimum Gasteiger partial charge on any atom is -0.399 e. The number of rotatable bonds is 2. The first-order chi connectivity index (χ1) is 6.69. The number of nitrogens with zero attached hydrogens (tertiary/aromatic N) is 2. The molecule has 1 aromatic carbocycles. The van der Waals surface area contributed by atoms with Crippen LogP contribution >= 0.6 is 11.6 Å². The first-order valence-corrected chi connectivity index (χ1v) is 4.34. The van der Waals surface area contributed by atoms with Crippen molar-refractivity contribution in [1.82, 2.24) is 0 Å². The number of nitriles is 1. The van der Waals surface area contributed by atoms with Gasteiger partial charge in [-0.1, -0.05) is 22.8 Å². The number of benzene rings is 1. The second-order valence-electron chi connectivity index (χ2n) is 2.66. The summed E-state index contributed by atoms with van der Waals surface area (Å²) in [5, 5.41) is 13.1. The van der Waals surface area contributed by atoms with Crippen LogP contribution < -0.4 is 0 Å². The fraction of sp³-hybridized carbons (Fsp3) is 0.200. The van der Waals surface area contributed by atoms with Crippen molar-refractivity contribution < 1.29 is 4.84 Å². The minimum absolute atomic E-state index is 0.496. The van der Waals surface area contributed by atoms with Crippen LogP contribution in [0.4, 0.5) is 0 Å². The first-order valence-electron chi connectivity index (χ1n) is 3.97. The van der Waals surface area contributed by atoms with E-state index in [-0.39, 0.29) is 0 Å². The molecule has 0 amide bonds. The third kappa shape index (κ3) is 2.24. The Labute approximate surface area is 87.5 Å². The van der Waals surface area contributed by atoms with Crippen LogP contribution in [0.15, 0.2) is 23.4 Å². The van der Waals surface area contributed by atoms with Crippen LogP contribution in [0.3, 0.4) is 0 Å². The molecule has 1 rings (SSSR count). The molecule has 0 saturated carbocycles. The molecule has 0 atom stereocenters. The van der Waals surface area contributed by atoms with Gasteiger partial charge >= 0.3 is 0 Å². The van der Waals surface area contributed by atoms with Gasteiger partial charge in [0.1, 0.15) is 7.11 Å². The van der Waals surface area contributed by atoms with Crippen molar-refractivity contribution >= 4 is 17.3 Å². The molecule has 0 bridgehead atoms. The van der Waals surface area contributed by atoms with Gasteiger partial charge in [0, 0.05) is 10.6 Å². The highest BCUT2D eigenvalue weighted by Crippen LogP contribution is 2.16. The van der Waals surface area contributed by atoms with Crippen molar-refractivity contribution in [2.24, 2.45) is 5.16 Å². The molecular formula is C10H9ClN2O. The summed E-state index contributed by atoms with van der Waals surface area (Å²) >= 11 is 5.76. The Balaban J connectivity index is 3.22. The van der Waals surface area contributed by atoms with E-state index in [1.807, 2.05) is 0 Å². The molecule has 0 radical (unpaired) electrons. The van der Waals surface area contributed by atoms with Gasteiger partial charge in [0.05, 0.1) is 17.3 Å². The lowest BCUT2D eigenvalue weighted by molar-refractivity contribution is 0.213. The smallest absolute Gasteiger partial charge is 0.106 e. The third-order valence-corrected chi connectivity index (χ3v) is 1.96. The number of oxime groups is 1. The molecule has 0 aliphatic heterocycles. The highest BCUT2D eigenvalue weighted by Gasteiger charge is 2.05. The van der Waals surface area contributed by atoms with Gasteiger partial charge in [-0.05, 0) is 19.1 Å². The summed E-state index contributed by atoms with van der Waals surface area (Å²) in [4.78, 5) is 4.63. The molecule has 4 heteroatoms. The molecular weight excluding hydrogens is 200 g/mol. The van der Waals surface area contributed by atoms with Gasteiger partial charge in [-0.3, -0.25) is 0 Å². The van der Waals surface area contributed by atoms with E-state index >= 15 is 0 Å². The van der Waals surface area contributed by atoms with Crippen LogP contribution in [-0.2, 0) is 4.84 Å². The number of hydrogen-bond acceptors (Lipinski definition) is 3. The van der Waals surface area contributed by atoms with Crippen molar-refractivity contribution in [3.05, 3.63) is 34.3 Å². The van der Waals surface area contributed by atoms with Crippen molar-refractivity contribution in [2.45, 2.75) is 6.92 Å². The fourth-order valence-corrected chi connectivity index (χ4v) is 1.28. The second kappa shape index (κ2) is 4.64. The van der Waals surface area contributed by atoms with Gasteiger partial charge in [-0.15, -0.1) is 0 Å². The summed E-state index contributed by atoms with van der Waals surface area (Å²) in [5.74, 6) is 0. The molecule has 0 aliphatic rings. The maximum absolute atomic E-state index is 8.86. The van der Waals surface area contributed by atoms with Crippen LogP contribution in [-0.4, -0.2) is 12.8 Å². The summed E-state index contributed by atoms with van der Waals surface area (Å²) < 4.78 is 0. The summed E-state index contributed by atoms with van der Waals surface area (Å²) in [6.07, 6.45) is 0. The molecule has 1 aromatic rings. The van der Waals surface area contributed by atoms with E-state index in [0.29, 0.717) is 16.3 Å². The second-order valence-corrected chi connectivity index (χ2v) is 3.10. The average Bonchev–Trinajstić information content (AvgIpc) is 2.17. The molecule has 0 N–H and O–H groups in total. The molecule has 14 heavy (non-hydrogen) atoms. The zero-order chi connectivity index (χ0) is 10.6. The van der Waals surface area contributed by atoms with Crippen LogP contribution in [0.25, 0.3) is 0 Å². The fourth-order valence-electron chi connectivity index (χ4n) is 1.11. The van der Waals surface area contributed by atoms with E-state index in [2.05, 4.69) is 16.1 Å². The highest BCUT2D eigenvalue weighted by atomic mass is 35.5. The van der Waals surface area contributed by atoms with E-state index < -0.39 is 0 Å². The summed E-state index contributed by atoms with van der Waals surface area (Å²) in [5.41, 5.74) is 1.88. The minimum atomic E-state index is 0.496. The summed E-state index contributed by atoms with van der Waals surface area (Å²) in [6.45, 7) is 1.77. The van der Waals surface area contributed by atoms with Crippen LogP contribution in [0.1, 0.15) is 18.1 Å². The van der Waals surface area contributed by atoms with E-state index in [4.69, 9.17) is 16.9 Å². The van der Waals surface area contributed by atoms with Crippen LogP contribution in [0, 0.1) is 11.3 Å². The highest BCUT2D eigenvalue weighted by molar-refractivity contribution is 6.30. The Morgan fingerprint density at radius 2 is 2.29 bits per heavy atom. The molecule has 0 aromatic heterocycles. The van der Waals surface area contributed by atoms with E-state index in [1.165, 1.54) is 7.11 Å². The lowest BCUT2D eigenvalue weighted by atomic mass is 10.1. The predicted octanol–water partition coefficient (Wildman–Crippen LogP) is 2.58. The summed E-state index contributed by atoms with van der Waals surface area (Å²) in [7, 11) is 1.46. The van der Waals surface area contributed by atoms with Crippen molar-refractivity contribution in [3.63, 3.8) is 0 Å². The summed E-state index contributed by atoms with van der Waals surface area (Å²) in [6, 6.07) is 7.12. The first kappa shape index (κ1) is 10.6. The third-order valence-electron chi connectivity index (χ3n) is 1.72. The lowest BCUT2D eigenvalue weighted by Crippen LogP contribution is -1.98. The molecule has 0 saturated heterocycles. The quantitative estimate of drug-likeness (QED) is 0.554. The van der Waals surface area contributed by atoms with Crippen LogP contribution in [0.2, 0.25) is 5.02 Å². The maximum Gasteiger partial charge on any atom is 0.106 e. The maximum atomic E-state index is 8.86. The molecule has 0 aliphatic carbocycles. The molecule has 72 valence electrons. The van der Waals surface area contributed by atoms with Gasteiger partial charge in [0.25, 0.3) is 0 Å². The molecule has 3 nitrogen and oxygen atoms in total. The van der Waals surface area contributed by atoms with Gasteiger partial charge < -0.3 is 4.84 Å². The molecule has 0 spiro atoms. The lowest BCUT2D eigenvalue weighted by Gasteiger charge is -2.02. The normalized spacial score (nSPS) is 10.9. The number of hydrogen-bond donors (Lipinski definition) is 0. The van der Waals surface area contributed by atoms with E-state index in [9.17, 15) is 0 Å². The van der Waals surface area contributed by atoms with E-state index in [1.54, 1.807) is 25.1 Å². The Bertz CT molecular complexity index is 407. The van der Waals surface area contributed by atoms with Gasteiger partial charge in [0.2, 0.25) is 0 Å². The average molecular weight is 209 g/mol. The van der Waals surface area contributed by atoms with Crippen molar-refractivity contribution in [2.75, 3.05) is 7.11 Å². The van der Waals surface area contributed by atoms with Crippen molar-refractivity contribution in [3.8, 4) is 6.07 Å². The zero-order valence-electron chi connectivity index (χ0n) is 7.91. The largest absolute Gasteiger partial charge is 0.399 e. The Morgan fingerprint density at radius 1 is 1.57 bits per heavy atom. The standard InChI is InChI=1S/C10H9ClN2O/c1-7(13-14-2)10-4-3-9(11)5-8(10)6-12/h3-5H,1-2H3/b13-7+. The molecule has 0 heterocycles. The van der Waals surface area contributed by atoms with Crippen molar-refractivity contribution in [1.29, 1.82) is 5.26 Å². The molecule has 0 unspecified atom stereocenters. The van der Waals surface area contributed by atoms with Crippen LogP contribution in [0.5, 0.6) is 0 Å². The number of halogens is 1. The van der Waals surface area contributed by atoms with Gasteiger partial charge in [0.15, 0.2) is 0 Å². The monoisotopic (exact) mass is 208 g/mol. The van der Waals surface area contributed by atoms with Gasteiger partial charge in [-0.25, -0.2) is 0 Å². The Kier molecular flexibility index (Phi) is 3.49.